The molecule has 0 radical (unpaired) electrons. The van der Waals surface area contributed by atoms with Crippen LogP contribution in [0.3, 0.4) is 0 Å². The fourth-order valence-corrected chi connectivity index (χ4v) is 2.19. The van der Waals surface area contributed by atoms with E-state index >= 15 is 0 Å². The van der Waals surface area contributed by atoms with E-state index in [1.165, 1.54) is 19.3 Å². The Labute approximate surface area is 101 Å². The summed E-state index contributed by atoms with van der Waals surface area (Å²) in [5, 5.41) is 12.0. The molecule has 0 spiro atoms. The van der Waals surface area contributed by atoms with Crippen molar-refractivity contribution >= 4 is 10.8 Å². The number of aromatic hydroxyl groups is 1. The zero-order chi connectivity index (χ0) is 11.7. The average molecular weight is 228 g/mol. The molecule has 1 aliphatic carbocycles. The molecule has 2 nitrogen and oxygen atoms in total. The molecule has 3 rings (SSSR count). The van der Waals surface area contributed by atoms with Crippen molar-refractivity contribution < 1.29 is 9.84 Å². The lowest BCUT2D eigenvalue weighted by Gasteiger charge is -2.25. The lowest BCUT2D eigenvalue weighted by molar-refractivity contribution is 0.176. The molecule has 0 bridgehead atoms. The molecule has 0 atom stereocenters. The molecule has 0 saturated heterocycles. The SMILES string of the molecule is Oc1cc2ccccc2cc1OCC1CCC1. The summed E-state index contributed by atoms with van der Waals surface area (Å²) in [6, 6.07) is 11.7. The first kappa shape index (κ1) is 10.5. The van der Waals surface area contributed by atoms with Gasteiger partial charge in [-0.2, -0.15) is 0 Å². The second-order valence-corrected chi connectivity index (χ2v) is 4.78. The van der Waals surface area contributed by atoms with E-state index in [0.29, 0.717) is 11.7 Å². The van der Waals surface area contributed by atoms with Crippen molar-refractivity contribution in [3.8, 4) is 11.5 Å². The van der Waals surface area contributed by atoms with Crippen molar-refractivity contribution in [2.24, 2.45) is 5.92 Å². The van der Waals surface area contributed by atoms with Gasteiger partial charge in [0.1, 0.15) is 0 Å². The standard InChI is InChI=1S/C15H16O2/c16-14-8-12-6-1-2-7-13(12)9-15(14)17-10-11-4-3-5-11/h1-2,6-9,11,16H,3-5,10H2. The van der Waals surface area contributed by atoms with Gasteiger partial charge in [0.25, 0.3) is 0 Å². The summed E-state index contributed by atoms with van der Waals surface area (Å²) in [7, 11) is 0. The molecule has 88 valence electrons. The molecule has 2 aromatic rings. The number of hydrogen-bond acceptors (Lipinski definition) is 2. The molecule has 0 unspecified atom stereocenters. The van der Waals surface area contributed by atoms with Crippen molar-refractivity contribution in [3.05, 3.63) is 36.4 Å². The van der Waals surface area contributed by atoms with Crippen LogP contribution in [0.1, 0.15) is 19.3 Å². The van der Waals surface area contributed by atoms with Gasteiger partial charge in [-0.1, -0.05) is 30.7 Å². The van der Waals surface area contributed by atoms with Gasteiger partial charge in [0.05, 0.1) is 6.61 Å². The van der Waals surface area contributed by atoms with Crippen LogP contribution in [0, 0.1) is 5.92 Å². The van der Waals surface area contributed by atoms with Crippen LogP contribution >= 0.6 is 0 Å². The van der Waals surface area contributed by atoms with E-state index in [1.807, 2.05) is 30.3 Å². The highest BCUT2D eigenvalue weighted by Gasteiger charge is 2.18. The highest BCUT2D eigenvalue weighted by Crippen LogP contribution is 2.33. The lowest BCUT2D eigenvalue weighted by Crippen LogP contribution is -2.19. The average Bonchev–Trinajstić information content (AvgIpc) is 2.27. The van der Waals surface area contributed by atoms with E-state index < -0.39 is 0 Å². The third-order valence-corrected chi connectivity index (χ3v) is 3.53. The Morgan fingerprint density at radius 2 is 1.82 bits per heavy atom. The number of ether oxygens (including phenoxy) is 1. The first-order valence-corrected chi connectivity index (χ1v) is 6.17. The van der Waals surface area contributed by atoms with E-state index in [9.17, 15) is 5.11 Å². The fourth-order valence-electron chi connectivity index (χ4n) is 2.19. The third-order valence-electron chi connectivity index (χ3n) is 3.53. The summed E-state index contributed by atoms with van der Waals surface area (Å²) in [6.45, 7) is 0.728. The van der Waals surface area contributed by atoms with Gasteiger partial charge in [-0.05, 0) is 41.7 Å². The molecule has 1 N–H and O–H groups in total. The summed E-state index contributed by atoms with van der Waals surface area (Å²) < 4.78 is 5.70. The van der Waals surface area contributed by atoms with E-state index in [1.54, 1.807) is 6.07 Å². The molecule has 0 aliphatic heterocycles. The van der Waals surface area contributed by atoms with E-state index in [2.05, 4.69) is 0 Å². The van der Waals surface area contributed by atoms with Gasteiger partial charge in [-0.3, -0.25) is 0 Å². The van der Waals surface area contributed by atoms with E-state index in [0.717, 1.165) is 17.4 Å². The van der Waals surface area contributed by atoms with Gasteiger partial charge in [-0.25, -0.2) is 0 Å². The van der Waals surface area contributed by atoms with Crippen LogP contribution in [0.15, 0.2) is 36.4 Å². The summed E-state index contributed by atoms with van der Waals surface area (Å²) in [5.74, 6) is 1.53. The van der Waals surface area contributed by atoms with E-state index in [-0.39, 0.29) is 5.75 Å². The highest BCUT2D eigenvalue weighted by atomic mass is 16.5. The molecule has 0 aromatic heterocycles. The molecule has 0 amide bonds. The molecule has 1 fully saturated rings. The first-order valence-electron chi connectivity index (χ1n) is 6.17. The predicted octanol–water partition coefficient (Wildman–Crippen LogP) is 3.72. The minimum atomic E-state index is 0.239. The Morgan fingerprint density at radius 1 is 1.12 bits per heavy atom. The van der Waals surface area contributed by atoms with Gasteiger partial charge < -0.3 is 9.84 Å². The monoisotopic (exact) mass is 228 g/mol. The Morgan fingerprint density at radius 3 is 2.47 bits per heavy atom. The van der Waals surface area contributed by atoms with Crippen molar-refractivity contribution in [1.82, 2.24) is 0 Å². The molecule has 0 heterocycles. The Hall–Kier alpha value is -1.70. The zero-order valence-corrected chi connectivity index (χ0v) is 9.73. The fraction of sp³-hybridized carbons (Fsp3) is 0.333. The highest BCUT2D eigenvalue weighted by molar-refractivity contribution is 5.85. The summed E-state index contributed by atoms with van der Waals surface area (Å²) in [5.41, 5.74) is 0. The van der Waals surface area contributed by atoms with Crippen LogP contribution in [-0.4, -0.2) is 11.7 Å². The summed E-state index contributed by atoms with van der Waals surface area (Å²) >= 11 is 0. The van der Waals surface area contributed by atoms with Gasteiger partial charge in [0.2, 0.25) is 0 Å². The number of benzene rings is 2. The minimum absolute atomic E-state index is 0.239. The number of hydrogen-bond donors (Lipinski definition) is 1. The normalized spacial score (nSPS) is 15.8. The summed E-state index contributed by atoms with van der Waals surface area (Å²) in [6.07, 6.45) is 3.83. The van der Waals surface area contributed by atoms with Crippen LogP contribution in [0.2, 0.25) is 0 Å². The second-order valence-electron chi connectivity index (χ2n) is 4.78. The Bertz CT molecular complexity index is 529. The van der Waals surface area contributed by atoms with Crippen LogP contribution in [0.5, 0.6) is 11.5 Å². The van der Waals surface area contributed by atoms with Crippen LogP contribution in [0.4, 0.5) is 0 Å². The maximum absolute atomic E-state index is 9.89. The smallest absolute Gasteiger partial charge is 0.161 e. The maximum atomic E-state index is 9.89. The number of rotatable bonds is 3. The molecule has 17 heavy (non-hydrogen) atoms. The summed E-state index contributed by atoms with van der Waals surface area (Å²) in [4.78, 5) is 0. The van der Waals surface area contributed by atoms with Gasteiger partial charge >= 0.3 is 0 Å². The molecular weight excluding hydrogens is 212 g/mol. The molecule has 2 aromatic carbocycles. The van der Waals surface area contributed by atoms with Crippen molar-refractivity contribution in [2.75, 3.05) is 6.61 Å². The predicted molar refractivity (Wildman–Crippen MR) is 68.4 cm³/mol. The topological polar surface area (TPSA) is 29.5 Å². The molecule has 1 aliphatic rings. The number of fused-ring (bicyclic) bond motifs is 1. The quantitative estimate of drug-likeness (QED) is 0.867. The minimum Gasteiger partial charge on any atom is -0.504 e. The molecule has 1 saturated carbocycles. The van der Waals surface area contributed by atoms with Crippen LogP contribution in [-0.2, 0) is 0 Å². The third kappa shape index (κ3) is 2.07. The van der Waals surface area contributed by atoms with Gasteiger partial charge in [0, 0.05) is 0 Å². The van der Waals surface area contributed by atoms with E-state index in [4.69, 9.17) is 4.74 Å². The zero-order valence-electron chi connectivity index (χ0n) is 9.73. The largest absolute Gasteiger partial charge is 0.504 e. The molecular formula is C15H16O2. The van der Waals surface area contributed by atoms with Gasteiger partial charge in [0.15, 0.2) is 11.5 Å². The lowest BCUT2D eigenvalue weighted by atomic mass is 9.86. The number of phenols is 1. The first-order chi connectivity index (χ1) is 8.33. The van der Waals surface area contributed by atoms with Crippen molar-refractivity contribution in [2.45, 2.75) is 19.3 Å². The van der Waals surface area contributed by atoms with Crippen molar-refractivity contribution in [3.63, 3.8) is 0 Å². The Balaban J connectivity index is 1.84. The second kappa shape index (κ2) is 4.28. The maximum Gasteiger partial charge on any atom is 0.161 e. The van der Waals surface area contributed by atoms with Crippen molar-refractivity contribution in [1.29, 1.82) is 0 Å². The van der Waals surface area contributed by atoms with Gasteiger partial charge in [-0.15, -0.1) is 0 Å². The van der Waals surface area contributed by atoms with Crippen LogP contribution in [0.25, 0.3) is 10.8 Å². The van der Waals surface area contributed by atoms with Crippen LogP contribution < -0.4 is 4.74 Å². The number of phenolic OH excluding ortho intramolecular Hbond substituents is 1. The Kier molecular flexibility index (Phi) is 2.63. The molecule has 2 heteroatoms.